The maximum Gasteiger partial charge on any atom is 0.373 e. The van der Waals surface area contributed by atoms with Gasteiger partial charge in [-0.2, -0.15) is 9.59 Å². The summed E-state index contributed by atoms with van der Waals surface area (Å²) in [5.74, 6) is -2.65. The predicted octanol–water partition coefficient (Wildman–Crippen LogP) is 1.25. The van der Waals surface area contributed by atoms with E-state index in [0.29, 0.717) is 5.69 Å². The van der Waals surface area contributed by atoms with Gasteiger partial charge in [0.05, 0.1) is 0 Å². The number of cyclic esters (lactones) is 2. The Morgan fingerprint density at radius 2 is 1.70 bits per heavy atom. The van der Waals surface area contributed by atoms with Crippen molar-refractivity contribution in [1.29, 1.82) is 0 Å². The molecule has 1 aliphatic rings. The Morgan fingerprint density at radius 3 is 2.17 bits per heavy atom. The number of phenols is 1. The summed E-state index contributed by atoms with van der Waals surface area (Å²) in [6.07, 6.45) is 1.45. The maximum atomic E-state index is 11.7. The Kier molecular flexibility index (Phi) is 5.64. The highest BCUT2D eigenvalue weighted by atomic mass is 16.7. The number of carbonyl (C=O) groups is 2. The summed E-state index contributed by atoms with van der Waals surface area (Å²) in [6.45, 7) is 4.71. The van der Waals surface area contributed by atoms with Gasteiger partial charge in [0.2, 0.25) is 0 Å². The van der Waals surface area contributed by atoms with Crippen molar-refractivity contribution in [3.63, 3.8) is 0 Å². The first-order valence-electron chi connectivity index (χ1n) is 6.42. The molecule has 0 unspecified atom stereocenters. The second kappa shape index (κ2) is 7.24. The van der Waals surface area contributed by atoms with Crippen LogP contribution >= 0.6 is 0 Å². The number of phenolic OH excluding ortho intramolecular Hbond substituents is 1. The van der Waals surface area contributed by atoms with Crippen LogP contribution in [-0.2, 0) is 28.7 Å². The summed E-state index contributed by atoms with van der Waals surface area (Å²) in [4.78, 5) is 39.6. The monoisotopic (exact) mass is 321 g/mol. The number of aromatic hydroxyl groups is 1. The van der Waals surface area contributed by atoms with E-state index in [2.05, 4.69) is 5.32 Å². The number of anilines is 1. The van der Waals surface area contributed by atoms with Crippen molar-refractivity contribution in [2.45, 2.75) is 26.6 Å². The molecule has 122 valence electrons. The zero-order valence-corrected chi connectivity index (χ0v) is 12.7. The molecule has 23 heavy (non-hydrogen) atoms. The minimum absolute atomic E-state index is 0.114. The SMILES string of the molecule is Cc1ccc(NC=C2C(=O)OC(C)(C)OC2=O)cc1O.O=C=O. The molecule has 2 rings (SSSR count). The summed E-state index contributed by atoms with van der Waals surface area (Å²) >= 11 is 0. The van der Waals surface area contributed by atoms with Crippen molar-refractivity contribution in [3.8, 4) is 5.75 Å². The maximum absolute atomic E-state index is 11.7. The van der Waals surface area contributed by atoms with E-state index in [1.54, 1.807) is 19.1 Å². The first-order valence-corrected chi connectivity index (χ1v) is 6.42. The number of esters is 2. The van der Waals surface area contributed by atoms with Crippen molar-refractivity contribution in [3.05, 3.63) is 35.5 Å². The molecular weight excluding hydrogens is 306 g/mol. The van der Waals surface area contributed by atoms with Gasteiger partial charge in [0, 0.05) is 31.8 Å². The molecule has 1 heterocycles. The van der Waals surface area contributed by atoms with Crippen LogP contribution in [0.2, 0.25) is 0 Å². The van der Waals surface area contributed by atoms with Crippen LogP contribution in [0.25, 0.3) is 0 Å². The molecule has 8 heteroatoms. The van der Waals surface area contributed by atoms with Gasteiger partial charge >= 0.3 is 18.1 Å². The molecule has 1 fully saturated rings. The van der Waals surface area contributed by atoms with Gasteiger partial charge in [-0.05, 0) is 18.6 Å². The average Bonchev–Trinajstić information content (AvgIpc) is 2.41. The molecule has 1 aromatic carbocycles. The van der Waals surface area contributed by atoms with E-state index < -0.39 is 17.7 Å². The van der Waals surface area contributed by atoms with E-state index in [4.69, 9.17) is 19.1 Å². The average molecular weight is 321 g/mol. The second-order valence-electron chi connectivity index (χ2n) is 4.97. The van der Waals surface area contributed by atoms with Crippen LogP contribution in [0.4, 0.5) is 5.69 Å². The van der Waals surface area contributed by atoms with Crippen LogP contribution in [0.15, 0.2) is 30.0 Å². The largest absolute Gasteiger partial charge is 0.508 e. The Morgan fingerprint density at radius 1 is 1.17 bits per heavy atom. The third-order valence-corrected chi connectivity index (χ3v) is 2.71. The van der Waals surface area contributed by atoms with Gasteiger partial charge in [-0.25, -0.2) is 9.59 Å². The molecule has 1 saturated heterocycles. The molecule has 0 atom stereocenters. The Bertz CT molecular complexity index is 663. The lowest BCUT2D eigenvalue weighted by Gasteiger charge is -2.29. The van der Waals surface area contributed by atoms with Crippen LogP contribution in [0, 0.1) is 6.92 Å². The Hall–Kier alpha value is -3.12. The van der Waals surface area contributed by atoms with Gasteiger partial charge in [-0.1, -0.05) is 6.07 Å². The first kappa shape index (κ1) is 17.9. The molecule has 0 amide bonds. The number of hydrogen-bond donors (Lipinski definition) is 2. The summed E-state index contributed by atoms with van der Waals surface area (Å²) in [7, 11) is 0. The fourth-order valence-electron chi connectivity index (χ4n) is 1.63. The number of rotatable bonds is 2. The summed E-state index contributed by atoms with van der Waals surface area (Å²) in [6, 6.07) is 4.89. The molecule has 0 radical (unpaired) electrons. The minimum atomic E-state index is -1.26. The zero-order chi connectivity index (χ0) is 17.6. The van der Waals surface area contributed by atoms with Crippen molar-refractivity contribution in [2.75, 3.05) is 5.32 Å². The van der Waals surface area contributed by atoms with Crippen molar-refractivity contribution in [1.82, 2.24) is 0 Å². The molecule has 0 bridgehead atoms. The quantitative estimate of drug-likeness (QED) is 0.474. The fraction of sp³-hybridized carbons (Fsp3) is 0.267. The van der Waals surface area contributed by atoms with Crippen LogP contribution in [0.3, 0.4) is 0 Å². The highest BCUT2D eigenvalue weighted by Gasteiger charge is 2.38. The van der Waals surface area contributed by atoms with Crippen molar-refractivity contribution < 1.29 is 33.8 Å². The molecule has 0 aliphatic carbocycles. The molecule has 0 aromatic heterocycles. The third kappa shape index (κ3) is 4.98. The topological polar surface area (TPSA) is 119 Å². The Balaban J connectivity index is 0.000000816. The van der Waals surface area contributed by atoms with Gasteiger partial charge < -0.3 is 19.9 Å². The molecule has 8 nitrogen and oxygen atoms in total. The van der Waals surface area contributed by atoms with Gasteiger partial charge in [0.15, 0.2) is 5.57 Å². The van der Waals surface area contributed by atoms with Crippen LogP contribution in [0.1, 0.15) is 19.4 Å². The summed E-state index contributed by atoms with van der Waals surface area (Å²) in [5, 5.41) is 12.3. The van der Waals surface area contributed by atoms with Crippen LogP contribution < -0.4 is 5.32 Å². The smallest absolute Gasteiger partial charge is 0.373 e. The first-order chi connectivity index (χ1) is 10.7. The molecule has 0 saturated carbocycles. The number of aryl methyl sites for hydroxylation is 1. The van der Waals surface area contributed by atoms with Gasteiger partial charge in [0.25, 0.3) is 5.79 Å². The predicted molar refractivity (Wildman–Crippen MR) is 75.8 cm³/mol. The van der Waals surface area contributed by atoms with Crippen molar-refractivity contribution in [2.24, 2.45) is 0 Å². The summed E-state index contributed by atoms with van der Waals surface area (Å²) < 4.78 is 9.90. The highest BCUT2D eigenvalue weighted by Crippen LogP contribution is 2.24. The van der Waals surface area contributed by atoms with E-state index in [1.165, 1.54) is 26.1 Å². The highest BCUT2D eigenvalue weighted by molar-refractivity contribution is 6.15. The van der Waals surface area contributed by atoms with E-state index in [-0.39, 0.29) is 17.5 Å². The van der Waals surface area contributed by atoms with Crippen molar-refractivity contribution >= 4 is 23.8 Å². The molecule has 0 spiro atoms. The standard InChI is InChI=1S/C14H15NO5.CO2/c1-8-4-5-9(6-11(8)16)15-7-10-12(17)19-14(2,3)20-13(10)18;2-1-3/h4-7,15-16H,1-3H3;. The van der Waals surface area contributed by atoms with Gasteiger partial charge in [-0.3, -0.25) is 0 Å². The number of ether oxygens (including phenoxy) is 2. The normalized spacial score (nSPS) is 15.3. The van der Waals surface area contributed by atoms with Crippen LogP contribution in [0.5, 0.6) is 5.75 Å². The lowest BCUT2D eigenvalue weighted by atomic mass is 10.2. The summed E-state index contributed by atoms with van der Waals surface area (Å²) in [5.41, 5.74) is 1.02. The van der Waals surface area contributed by atoms with Gasteiger partial charge in [-0.15, -0.1) is 0 Å². The third-order valence-electron chi connectivity index (χ3n) is 2.71. The van der Waals surface area contributed by atoms with E-state index >= 15 is 0 Å². The van der Waals surface area contributed by atoms with E-state index in [1.807, 2.05) is 0 Å². The lowest BCUT2D eigenvalue weighted by Crippen LogP contribution is -2.42. The van der Waals surface area contributed by atoms with E-state index in [9.17, 15) is 14.7 Å². The van der Waals surface area contributed by atoms with Gasteiger partial charge in [0.1, 0.15) is 5.75 Å². The number of benzene rings is 1. The van der Waals surface area contributed by atoms with E-state index in [0.717, 1.165) is 5.56 Å². The minimum Gasteiger partial charge on any atom is -0.508 e. The molecule has 1 aliphatic heterocycles. The molecule has 1 aromatic rings. The molecular formula is C15H15NO7. The second-order valence-corrected chi connectivity index (χ2v) is 4.97. The molecule has 2 N–H and O–H groups in total. The lowest BCUT2D eigenvalue weighted by molar-refractivity contribution is -0.222. The Labute approximate surface area is 131 Å². The van der Waals surface area contributed by atoms with Crippen LogP contribution in [-0.4, -0.2) is 29.0 Å². The number of carbonyl (C=O) groups excluding carboxylic acids is 4. The number of hydrogen-bond acceptors (Lipinski definition) is 8. The zero-order valence-electron chi connectivity index (χ0n) is 12.7. The number of nitrogens with one attached hydrogen (secondary N) is 1. The fourth-order valence-corrected chi connectivity index (χ4v) is 1.63.